The van der Waals surface area contributed by atoms with Crippen LogP contribution < -0.4 is 5.32 Å². The van der Waals surface area contributed by atoms with Gasteiger partial charge in [0.25, 0.3) is 0 Å². The van der Waals surface area contributed by atoms with Crippen molar-refractivity contribution in [3.05, 3.63) is 0 Å². The zero-order valence-electron chi connectivity index (χ0n) is 12.1. The molecule has 0 aliphatic heterocycles. The zero-order valence-corrected chi connectivity index (χ0v) is 12.1. The van der Waals surface area contributed by atoms with Crippen molar-refractivity contribution in [1.29, 1.82) is 0 Å². The molecule has 1 N–H and O–H groups in total. The van der Waals surface area contributed by atoms with E-state index >= 15 is 0 Å². The highest BCUT2D eigenvalue weighted by molar-refractivity contribution is 4.87. The number of hydrogen-bond acceptors (Lipinski definition) is 2. The zero-order chi connectivity index (χ0) is 14.3. The van der Waals surface area contributed by atoms with E-state index in [1.807, 2.05) is 6.92 Å². The van der Waals surface area contributed by atoms with E-state index < -0.39 is 12.7 Å². The van der Waals surface area contributed by atoms with Crippen LogP contribution in [0.3, 0.4) is 0 Å². The molecule has 1 saturated carbocycles. The molecule has 114 valence electrons. The van der Waals surface area contributed by atoms with E-state index in [-0.39, 0.29) is 12.1 Å². The lowest BCUT2D eigenvalue weighted by molar-refractivity contribution is -0.152. The third-order valence-corrected chi connectivity index (χ3v) is 3.89. The molecule has 1 aliphatic rings. The molecule has 0 aromatic rings. The summed E-state index contributed by atoms with van der Waals surface area (Å²) >= 11 is 0. The summed E-state index contributed by atoms with van der Waals surface area (Å²) in [5, 5.41) is 3.45. The van der Waals surface area contributed by atoms with Gasteiger partial charge in [-0.3, -0.25) is 4.90 Å². The third-order valence-electron chi connectivity index (χ3n) is 3.89. The van der Waals surface area contributed by atoms with Crippen LogP contribution in [0, 0.1) is 0 Å². The fourth-order valence-electron chi connectivity index (χ4n) is 2.99. The molecular formula is C14H27F3N2. The molecule has 2 nitrogen and oxygen atoms in total. The molecule has 5 heteroatoms. The molecule has 1 rings (SSSR count). The third kappa shape index (κ3) is 6.13. The van der Waals surface area contributed by atoms with Crippen LogP contribution in [-0.2, 0) is 0 Å². The lowest BCUT2D eigenvalue weighted by atomic mass is 10.0. The number of likely N-dealkylation sites (N-methyl/N-ethyl adjacent to an activating group) is 1. The Hall–Kier alpha value is -0.290. The number of alkyl halides is 3. The van der Waals surface area contributed by atoms with Crippen molar-refractivity contribution in [2.24, 2.45) is 0 Å². The predicted octanol–water partition coefficient (Wildman–Crippen LogP) is 3.57. The minimum Gasteiger partial charge on any atom is -0.312 e. The molecule has 0 spiro atoms. The predicted molar refractivity (Wildman–Crippen MR) is 72.3 cm³/mol. The van der Waals surface area contributed by atoms with Gasteiger partial charge < -0.3 is 5.32 Å². The second-order valence-electron chi connectivity index (χ2n) is 5.44. The van der Waals surface area contributed by atoms with E-state index in [2.05, 4.69) is 12.2 Å². The summed E-state index contributed by atoms with van der Waals surface area (Å²) in [6, 6.07) is 0.241. The second-order valence-corrected chi connectivity index (χ2v) is 5.44. The van der Waals surface area contributed by atoms with E-state index in [1.165, 1.54) is 0 Å². The molecule has 1 aliphatic carbocycles. The topological polar surface area (TPSA) is 15.3 Å². The van der Waals surface area contributed by atoms with Gasteiger partial charge in [-0.1, -0.05) is 33.1 Å². The van der Waals surface area contributed by atoms with Gasteiger partial charge in [0.2, 0.25) is 0 Å². The van der Waals surface area contributed by atoms with Gasteiger partial charge in [-0.2, -0.15) is 13.2 Å². The Balaban J connectivity index is 2.69. The van der Waals surface area contributed by atoms with Crippen LogP contribution in [0.5, 0.6) is 0 Å². The Labute approximate surface area is 114 Å². The van der Waals surface area contributed by atoms with Gasteiger partial charge in [0, 0.05) is 12.1 Å². The highest BCUT2D eigenvalue weighted by atomic mass is 19.4. The first kappa shape index (κ1) is 16.8. The van der Waals surface area contributed by atoms with Crippen LogP contribution in [0.15, 0.2) is 0 Å². The summed E-state index contributed by atoms with van der Waals surface area (Å²) in [6.07, 6.45) is 2.12. The summed E-state index contributed by atoms with van der Waals surface area (Å²) < 4.78 is 38.0. The summed E-state index contributed by atoms with van der Waals surface area (Å²) in [7, 11) is 0. The van der Waals surface area contributed by atoms with E-state index in [1.54, 1.807) is 4.90 Å². The quantitative estimate of drug-likeness (QED) is 0.748. The largest absolute Gasteiger partial charge is 0.401 e. The van der Waals surface area contributed by atoms with Crippen LogP contribution in [0.25, 0.3) is 0 Å². The highest BCUT2D eigenvalue weighted by Gasteiger charge is 2.36. The van der Waals surface area contributed by atoms with Gasteiger partial charge in [-0.05, 0) is 32.4 Å². The average molecular weight is 280 g/mol. The van der Waals surface area contributed by atoms with E-state index in [4.69, 9.17) is 0 Å². The van der Waals surface area contributed by atoms with Gasteiger partial charge in [0.1, 0.15) is 0 Å². The van der Waals surface area contributed by atoms with Crippen molar-refractivity contribution in [3.8, 4) is 0 Å². The molecule has 2 atom stereocenters. The lowest BCUT2D eigenvalue weighted by Gasteiger charge is -2.36. The molecule has 0 amide bonds. The van der Waals surface area contributed by atoms with Crippen molar-refractivity contribution in [2.75, 3.05) is 19.6 Å². The molecule has 0 saturated heterocycles. The van der Waals surface area contributed by atoms with Crippen molar-refractivity contribution < 1.29 is 13.2 Å². The van der Waals surface area contributed by atoms with Crippen LogP contribution in [-0.4, -0.2) is 42.8 Å². The number of nitrogens with zero attached hydrogens (tertiary/aromatic N) is 1. The molecule has 0 heterocycles. The van der Waals surface area contributed by atoms with Gasteiger partial charge >= 0.3 is 6.18 Å². The fraction of sp³-hybridized carbons (Fsp3) is 1.00. The standard InChI is InChI=1S/C14H27F3N2/c1-3-10-18-12-8-6-5-7-9-13(12)19(4-2)11-14(15,16)17/h12-13,18H,3-11H2,1-2H3. The molecule has 1 fully saturated rings. The smallest absolute Gasteiger partial charge is 0.312 e. The molecule has 19 heavy (non-hydrogen) atoms. The van der Waals surface area contributed by atoms with Gasteiger partial charge in [-0.15, -0.1) is 0 Å². The summed E-state index contributed by atoms with van der Waals surface area (Å²) in [6.45, 7) is 4.50. The van der Waals surface area contributed by atoms with Crippen molar-refractivity contribution in [2.45, 2.75) is 70.6 Å². The van der Waals surface area contributed by atoms with Crippen molar-refractivity contribution in [1.82, 2.24) is 10.2 Å². The first-order valence-electron chi connectivity index (χ1n) is 7.52. The van der Waals surface area contributed by atoms with E-state index in [0.29, 0.717) is 6.54 Å². The Morgan fingerprint density at radius 3 is 2.37 bits per heavy atom. The number of rotatable bonds is 6. The van der Waals surface area contributed by atoms with Crippen molar-refractivity contribution in [3.63, 3.8) is 0 Å². The van der Waals surface area contributed by atoms with Crippen LogP contribution in [0.1, 0.15) is 52.4 Å². The van der Waals surface area contributed by atoms with Crippen LogP contribution >= 0.6 is 0 Å². The molecular weight excluding hydrogens is 253 g/mol. The van der Waals surface area contributed by atoms with E-state index in [9.17, 15) is 13.2 Å². The Morgan fingerprint density at radius 1 is 1.11 bits per heavy atom. The molecule has 0 radical (unpaired) electrons. The monoisotopic (exact) mass is 280 g/mol. The average Bonchev–Trinajstić information content (AvgIpc) is 2.57. The SMILES string of the molecule is CCCNC1CCCCCC1N(CC)CC(F)(F)F. The van der Waals surface area contributed by atoms with Crippen molar-refractivity contribution >= 4 is 0 Å². The van der Waals surface area contributed by atoms with E-state index in [0.717, 1.165) is 45.1 Å². The Kier molecular flexibility index (Phi) is 7.15. The maximum absolute atomic E-state index is 12.7. The summed E-state index contributed by atoms with van der Waals surface area (Å²) in [4.78, 5) is 1.61. The minimum absolute atomic E-state index is 0.0284. The molecule has 2 unspecified atom stereocenters. The fourth-order valence-corrected chi connectivity index (χ4v) is 2.99. The van der Waals surface area contributed by atoms with Gasteiger partial charge in [-0.25, -0.2) is 0 Å². The molecule has 0 bridgehead atoms. The number of hydrogen-bond donors (Lipinski definition) is 1. The molecule has 0 aromatic heterocycles. The van der Waals surface area contributed by atoms with Crippen LogP contribution in [0.4, 0.5) is 13.2 Å². The number of nitrogens with one attached hydrogen (secondary N) is 1. The number of halogens is 3. The lowest BCUT2D eigenvalue weighted by Crippen LogP contribution is -2.52. The minimum atomic E-state index is -4.10. The summed E-state index contributed by atoms with van der Waals surface area (Å²) in [5.41, 5.74) is 0. The van der Waals surface area contributed by atoms with Gasteiger partial charge in [0.05, 0.1) is 6.54 Å². The Bertz CT molecular complexity index is 243. The second kappa shape index (κ2) is 8.10. The Morgan fingerprint density at radius 2 is 1.79 bits per heavy atom. The maximum Gasteiger partial charge on any atom is 0.401 e. The first-order chi connectivity index (χ1) is 8.98. The maximum atomic E-state index is 12.7. The van der Waals surface area contributed by atoms with Crippen LogP contribution in [0.2, 0.25) is 0 Å². The van der Waals surface area contributed by atoms with Gasteiger partial charge in [0.15, 0.2) is 0 Å². The summed E-state index contributed by atoms with van der Waals surface area (Å²) in [5.74, 6) is 0. The normalized spacial score (nSPS) is 25.6. The molecule has 0 aromatic carbocycles. The highest BCUT2D eigenvalue weighted by Crippen LogP contribution is 2.26. The first-order valence-corrected chi connectivity index (χ1v) is 7.52.